The molecule has 0 bridgehead atoms. The predicted molar refractivity (Wildman–Crippen MR) is 88.3 cm³/mol. The topological polar surface area (TPSA) is 81.2 Å². The molecule has 0 unspecified atom stereocenters. The van der Waals surface area contributed by atoms with Crippen molar-refractivity contribution in [2.45, 2.75) is 0 Å². The second-order valence-electron chi connectivity index (χ2n) is 5.01. The summed E-state index contributed by atoms with van der Waals surface area (Å²) in [6.45, 7) is -0.155. The molecule has 1 heterocycles. The van der Waals surface area contributed by atoms with Crippen molar-refractivity contribution in [2.24, 2.45) is 0 Å². The molecule has 1 aliphatic rings. The maximum absolute atomic E-state index is 12.6. The van der Waals surface area contributed by atoms with Gasteiger partial charge in [0.1, 0.15) is 0 Å². The monoisotopic (exact) mass is 329 g/mol. The molecular weight excluding hydrogens is 318 g/mol. The summed E-state index contributed by atoms with van der Waals surface area (Å²) in [6, 6.07) is 14.2. The molecule has 1 aliphatic heterocycles. The van der Waals surface area contributed by atoms with Gasteiger partial charge in [0.15, 0.2) is 12.2 Å². The summed E-state index contributed by atoms with van der Waals surface area (Å²) >= 11 is 6.07. The van der Waals surface area contributed by atoms with Crippen LogP contribution >= 0.6 is 11.6 Å². The van der Waals surface area contributed by atoms with Crippen LogP contribution in [0.15, 0.2) is 60.4 Å². The van der Waals surface area contributed by atoms with Crippen LogP contribution in [0.2, 0.25) is 5.02 Å². The first-order chi connectivity index (χ1) is 11.0. The summed E-state index contributed by atoms with van der Waals surface area (Å²) in [5, 5.41) is 26.8. The van der Waals surface area contributed by atoms with Gasteiger partial charge in [-0.15, -0.1) is 0 Å². The van der Waals surface area contributed by atoms with Crippen LogP contribution in [0.5, 0.6) is 0 Å². The summed E-state index contributed by atoms with van der Waals surface area (Å²) in [7, 11) is 0. The van der Waals surface area contributed by atoms with E-state index in [2.05, 4.69) is 5.32 Å². The highest BCUT2D eigenvalue weighted by Crippen LogP contribution is 2.27. The minimum atomic E-state index is -0.584. The highest BCUT2D eigenvalue weighted by Gasteiger charge is 2.26. The van der Waals surface area contributed by atoms with E-state index in [0.29, 0.717) is 22.0 Å². The molecule has 7 heteroatoms. The molecule has 1 N–H and O–H groups in total. The van der Waals surface area contributed by atoms with Gasteiger partial charge >= 0.3 is 0 Å². The number of rotatable bonds is 2. The number of hydrogen-bond donors (Lipinski definition) is 1. The zero-order valence-corrected chi connectivity index (χ0v) is 12.7. The Labute approximate surface area is 137 Å². The number of nitrogens with one attached hydrogen (secondary N) is 1. The third-order valence-electron chi connectivity index (χ3n) is 3.40. The average Bonchev–Trinajstić information content (AvgIpc) is 2.62. The summed E-state index contributed by atoms with van der Waals surface area (Å²) in [6.07, 6.45) is 0.803. The van der Waals surface area contributed by atoms with Gasteiger partial charge in [-0.1, -0.05) is 29.8 Å². The fourth-order valence-corrected chi connectivity index (χ4v) is 2.67. The molecule has 3 rings (SSSR count). The molecule has 0 aromatic heterocycles. The van der Waals surface area contributed by atoms with Crippen LogP contribution in [0.25, 0.3) is 0 Å². The standard InChI is InChI=1S/C16H12ClN3O3/c17-12-6-7-15-14(8-12)16(11-4-2-1-3-5-11)19(21)9-13(18-15)10-20(22)23/h1-8,10,18H,9H2/b13-10-. The van der Waals surface area contributed by atoms with Crippen LogP contribution in [-0.4, -0.2) is 21.9 Å². The lowest BCUT2D eigenvalue weighted by Crippen LogP contribution is -2.19. The van der Waals surface area contributed by atoms with Crippen molar-refractivity contribution >= 4 is 23.0 Å². The second kappa shape index (κ2) is 6.10. The van der Waals surface area contributed by atoms with Gasteiger partial charge in [-0.25, -0.2) is 0 Å². The van der Waals surface area contributed by atoms with E-state index >= 15 is 0 Å². The molecule has 0 saturated carbocycles. The van der Waals surface area contributed by atoms with Crippen molar-refractivity contribution in [3.63, 3.8) is 0 Å². The third kappa shape index (κ3) is 3.17. The van der Waals surface area contributed by atoms with Crippen LogP contribution in [-0.2, 0) is 0 Å². The molecule has 23 heavy (non-hydrogen) atoms. The number of fused-ring (bicyclic) bond motifs is 1. The van der Waals surface area contributed by atoms with Crippen molar-refractivity contribution in [1.82, 2.24) is 0 Å². The molecule has 2 aromatic rings. The van der Waals surface area contributed by atoms with Gasteiger partial charge in [-0.2, -0.15) is 4.74 Å². The number of hydroxylamine groups is 1. The van der Waals surface area contributed by atoms with Crippen molar-refractivity contribution in [3.05, 3.63) is 91.9 Å². The number of anilines is 1. The van der Waals surface area contributed by atoms with E-state index in [1.807, 2.05) is 30.3 Å². The zero-order chi connectivity index (χ0) is 16.4. The molecule has 0 aliphatic carbocycles. The minimum Gasteiger partial charge on any atom is -0.623 e. The van der Waals surface area contributed by atoms with E-state index in [0.717, 1.165) is 16.5 Å². The van der Waals surface area contributed by atoms with E-state index in [4.69, 9.17) is 11.6 Å². The largest absolute Gasteiger partial charge is 0.623 e. The molecule has 0 atom stereocenters. The van der Waals surface area contributed by atoms with Crippen molar-refractivity contribution < 1.29 is 9.66 Å². The quantitative estimate of drug-likeness (QED) is 0.397. The Hall–Kier alpha value is -2.86. The van der Waals surface area contributed by atoms with Gasteiger partial charge in [0.25, 0.3) is 6.20 Å². The smallest absolute Gasteiger partial charge is 0.260 e. The predicted octanol–water partition coefficient (Wildman–Crippen LogP) is 3.23. The van der Waals surface area contributed by atoms with Crippen LogP contribution in [0.3, 0.4) is 0 Å². The Kier molecular flexibility index (Phi) is 3.99. The van der Waals surface area contributed by atoms with Crippen LogP contribution in [0, 0.1) is 15.3 Å². The van der Waals surface area contributed by atoms with Gasteiger partial charge in [0.2, 0.25) is 5.71 Å². The molecule has 2 aromatic carbocycles. The molecule has 116 valence electrons. The number of benzene rings is 2. The van der Waals surface area contributed by atoms with Gasteiger partial charge in [0, 0.05) is 10.6 Å². The first-order valence-electron chi connectivity index (χ1n) is 6.83. The van der Waals surface area contributed by atoms with Gasteiger partial charge < -0.3 is 10.5 Å². The molecule has 0 spiro atoms. The van der Waals surface area contributed by atoms with Gasteiger partial charge in [-0.05, 0) is 30.3 Å². The van der Waals surface area contributed by atoms with Crippen molar-refractivity contribution in [3.8, 4) is 0 Å². The van der Waals surface area contributed by atoms with Crippen LogP contribution < -0.4 is 5.32 Å². The summed E-state index contributed by atoms with van der Waals surface area (Å²) in [4.78, 5) is 10.2. The number of hydrogen-bond acceptors (Lipinski definition) is 4. The summed E-state index contributed by atoms with van der Waals surface area (Å²) in [5.74, 6) is 0. The highest BCUT2D eigenvalue weighted by atomic mass is 35.5. The minimum absolute atomic E-state index is 0.155. The van der Waals surface area contributed by atoms with E-state index in [-0.39, 0.29) is 12.2 Å². The summed E-state index contributed by atoms with van der Waals surface area (Å²) < 4.78 is 0.736. The Morgan fingerprint density at radius 2 is 1.96 bits per heavy atom. The Morgan fingerprint density at radius 1 is 1.22 bits per heavy atom. The third-order valence-corrected chi connectivity index (χ3v) is 3.64. The fraction of sp³-hybridized carbons (Fsp3) is 0.0625. The molecule has 6 nitrogen and oxygen atoms in total. The first-order valence-corrected chi connectivity index (χ1v) is 7.20. The Morgan fingerprint density at radius 3 is 2.65 bits per heavy atom. The van der Waals surface area contributed by atoms with E-state index in [9.17, 15) is 15.3 Å². The van der Waals surface area contributed by atoms with E-state index in [1.165, 1.54) is 0 Å². The van der Waals surface area contributed by atoms with Crippen molar-refractivity contribution in [2.75, 3.05) is 11.9 Å². The highest BCUT2D eigenvalue weighted by molar-refractivity contribution is 6.31. The van der Waals surface area contributed by atoms with Crippen LogP contribution in [0.4, 0.5) is 5.69 Å². The molecule has 0 fully saturated rings. The maximum Gasteiger partial charge on any atom is 0.260 e. The van der Waals surface area contributed by atoms with Gasteiger partial charge in [-0.3, -0.25) is 10.1 Å². The lowest BCUT2D eigenvalue weighted by Gasteiger charge is -2.10. The summed E-state index contributed by atoms with van der Waals surface area (Å²) in [5.41, 5.74) is 2.54. The maximum atomic E-state index is 12.6. The lowest BCUT2D eigenvalue weighted by atomic mass is 10.0. The van der Waals surface area contributed by atoms with Crippen molar-refractivity contribution in [1.29, 1.82) is 0 Å². The number of nitrogens with zero attached hydrogens (tertiary/aromatic N) is 2. The number of nitro groups is 1. The Bertz CT molecular complexity index is 832. The molecule has 0 saturated heterocycles. The average molecular weight is 330 g/mol. The molecular formula is C16H12ClN3O3. The lowest BCUT2D eigenvalue weighted by molar-refractivity contribution is -0.450. The zero-order valence-electron chi connectivity index (χ0n) is 11.9. The van der Waals surface area contributed by atoms with E-state index in [1.54, 1.807) is 18.2 Å². The second-order valence-corrected chi connectivity index (χ2v) is 5.44. The molecule has 0 amide bonds. The SMILES string of the molecule is O=[N+]([O-])/C=C1/C[N+]([O-])=C(c2ccccc2)c2cc(Cl)ccc2N1. The molecule has 0 radical (unpaired) electrons. The van der Waals surface area contributed by atoms with Crippen LogP contribution in [0.1, 0.15) is 11.1 Å². The fourth-order valence-electron chi connectivity index (χ4n) is 2.50. The van der Waals surface area contributed by atoms with Gasteiger partial charge in [0.05, 0.1) is 16.2 Å². The first kappa shape index (κ1) is 15.1. The normalized spacial score (nSPS) is 15.8. The number of benzodiazepines with no additional fused rings is 1. The number of halogens is 1. The Balaban J connectivity index is 2.24. The van der Waals surface area contributed by atoms with E-state index < -0.39 is 4.92 Å².